The molecule has 2 rings (SSSR count). The van der Waals surface area contributed by atoms with E-state index in [-0.39, 0.29) is 11.3 Å². The van der Waals surface area contributed by atoms with Crippen LogP contribution in [0, 0.1) is 5.82 Å². The number of ether oxygens (including phenoxy) is 1. The Morgan fingerprint density at radius 2 is 2.12 bits per heavy atom. The summed E-state index contributed by atoms with van der Waals surface area (Å²) in [4.78, 5) is 11.2. The third kappa shape index (κ3) is 1.71. The SMILES string of the molecule is COc1ccc(-c2cc(=O)n(C)[nH]2)cc1F. The van der Waals surface area contributed by atoms with Gasteiger partial charge in [-0.15, -0.1) is 0 Å². The molecule has 0 amide bonds. The molecule has 0 aliphatic rings. The molecule has 0 bridgehead atoms. The number of benzene rings is 1. The van der Waals surface area contributed by atoms with Crippen molar-refractivity contribution in [3.63, 3.8) is 0 Å². The Morgan fingerprint density at radius 1 is 1.38 bits per heavy atom. The molecular formula is C11H11FN2O2. The second-order valence-electron chi connectivity index (χ2n) is 3.42. The highest BCUT2D eigenvalue weighted by atomic mass is 19.1. The van der Waals surface area contributed by atoms with Gasteiger partial charge in [-0.2, -0.15) is 0 Å². The summed E-state index contributed by atoms with van der Waals surface area (Å²) in [7, 11) is 3.01. The van der Waals surface area contributed by atoms with Gasteiger partial charge in [0, 0.05) is 18.7 Å². The van der Waals surface area contributed by atoms with E-state index >= 15 is 0 Å². The summed E-state index contributed by atoms with van der Waals surface area (Å²) in [5.74, 6) is -0.272. The van der Waals surface area contributed by atoms with E-state index in [1.54, 1.807) is 13.1 Å². The van der Waals surface area contributed by atoms with Gasteiger partial charge in [0.05, 0.1) is 12.8 Å². The lowest BCUT2D eigenvalue weighted by atomic mass is 10.1. The van der Waals surface area contributed by atoms with Gasteiger partial charge >= 0.3 is 0 Å². The van der Waals surface area contributed by atoms with Crippen molar-refractivity contribution >= 4 is 0 Å². The minimum absolute atomic E-state index is 0.161. The predicted molar refractivity (Wildman–Crippen MR) is 58.0 cm³/mol. The monoisotopic (exact) mass is 222 g/mol. The average molecular weight is 222 g/mol. The number of H-pyrrole nitrogens is 1. The predicted octanol–water partition coefficient (Wildman–Crippen LogP) is 1.53. The highest BCUT2D eigenvalue weighted by molar-refractivity contribution is 5.59. The molecule has 1 N–H and O–H groups in total. The Balaban J connectivity index is 2.49. The van der Waals surface area contributed by atoms with Gasteiger partial charge in [-0.3, -0.25) is 14.6 Å². The summed E-state index contributed by atoms with van der Waals surface area (Å²) in [5.41, 5.74) is 1.02. The molecule has 84 valence electrons. The summed E-state index contributed by atoms with van der Waals surface area (Å²) >= 11 is 0. The fourth-order valence-electron chi connectivity index (χ4n) is 1.47. The van der Waals surface area contributed by atoms with Crippen LogP contribution in [0.5, 0.6) is 5.75 Å². The van der Waals surface area contributed by atoms with Crippen LogP contribution in [-0.4, -0.2) is 16.9 Å². The summed E-state index contributed by atoms with van der Waals surface area (Å²) in [5, 5.41) is 2.82. The van der Waals surface area contributed by atoms with E-state index in [0.717, 1.165) is 0 Å². The minimum atomic E-state index is -0.454. The highest BCUT2D eigenvalue weighted by Crippen LogP contribution is 2.23. The normalized spacial score (nSPS) is 10.4. The van der Waals surface area contributed by atoms with Gasteiger partial charge in [-0.05, 0) is 18.2 Å². The van der Waals surface area contributed by atoms with Crippen LogP contribution in [0.1, 0.15) is 0 Å². The topological polar surface area (TPSA) is 47.0 Å². The third-order valence-corrected chi connectivity index (χ3v) is 2.35. The zero-order valence-electron chi connectivity index (χ0n) is 8.95. The molecule has 0 saturated carbocycles. The maximum Gasteiger partial charge on any atom is 0.266 e. The van der Waals surface area contributed by atoms with Crippen LogP contribution in [0.3, 0.4) is 0 Å². The molecular weight excluding hydrogens is 211 g/mol. The number of rotatable bonds is 2. The van der Waals surface area contributed by atoms with E-state index in [4.69, 9.17) is 4.74 Å². The lowest BCUT2D eigenvalue weighted by molar-refractivity contribution is 0.386. The highest BCUT2D eigenvalue weighted by Gasteiger charge is 2.07. The van der Waals surface area contributed by atoms with E-state index in [0.29, 0.717) is 11.3 Å². The number of nitrogens with one attached hydrogen (secondary N) is 1. The Bertz CT molecular complexity index is 572. The first kappa shape index (κ1) is 10.5. The number of methoxy groups -OCH3 is 1. The largest absolute Gasteiger partial charge is 0.494 e. The second kappa shape index (κ2) is 3.84. The smallest absolute Gasteiger partial charge is 0.266 e. The zero-order chi connectivity index (χ0) is 11.7. The quantitative estimate of drug-likeness (QED) is 0.837. The first-order valence-corrected chi connectivity index (χ1v) is 4.72. The van der Waals surface area contributed by atoms with Crippen molar-refractivity contribution in [1.82, 2.24) is 9.78 Å². The molecule has 4 nitrogen and oxygen atoms in total. The number of aromatic amines is 1. The number of hydrogen-bond acceptors (Lipinski definition) is 2. The van der Waals surface area contributed by atoms with E-state index in [1.165, 1.54) is 30.0 Å². The van der Waals surface area contributed by atoms with Crippen molar-refractivity contribution in [3.05, 3.63) is 40.4 Å². The van der Waals surface area contributed by atoms with Gasteiger partial charge in [-0.25, -0.2) is 4.39 Å². The zero-order valence-corrected chi connectivity index (χ0v) is 8.95. The Kier molecular flexibility index (Phi) is 2.52. The molecule has 0 saturated heterocycles. The van der Waals surface area contributed by atoms with Crippen LogP contribution in [0.15, 0.2) is 29.1 Å². The molecule has 0 radical (unpaired) electrons. The van der Waals surface area contributed by atoms with Crippen LogP contribution in [0.2, 0.25) is 0 Å². The third-order valence-electron chi connectivity index (χ3n) is 2.35. The van der Waals surface area contributed by atoms with Crippen LogP contribution in [0.4, 0.5) is 4.39 Å². The van der Waals surface area contributed by atoms with Crippen LogP contribution in [-0.2, 0) is 7.05 Å². The van der Waals surface area contributed by atoms with Crippen molar-refractivity contribution in [1.29, 1.82) is 0 Å². The van der Waals surface area contributed by atoms with Gasteiger partial charge in [0.2, 0.25) is 0 Å². The fraction of sp³-hybridized carbons (Fsp3) is 0.182. The summed E-state index contributed by atoms with van der Waals surface area (Å²) in [6.45, 7) is 0. The molecule has 1 aromatic carbocycles. The van der Waals surface area contributed by atoms with Crippen molar-refractivity contribution in [2.24, 2.45) is 7.05 Å². The lowest BCUT2D eigenvalue weighted by Crippen LogP contribution is -2.09. The summed E-state index contributed by atoms with van der Waals surface area (Å²) < 4.78 is 19.6. The van der Waals surface area contributed by atoms with Gasteiger partial charge < -0.3 is 4.74 Å². The minimum Gasteiger partial charge on any atom is -0.494 e. The Hall–Kier alpha value is -2.04. The summed E-state index contributed by atoms with van der Waals surface area (Å²) in [6, 6.07) is 5.95. The molecule has 0 aliphatic heterocycles. The average Bonchev–Trinajstić information content (AvgIpc) is 2.59. The fourth-order valence-corrected chi connectivity index (χ4v) is 1.47. The van der Waals surface area contributed by atoms with Gasteiger partial charge in [0.15, 0.2) is 11.6 Å². The van der Waals surface area contributed by atoms with Crippen molar-refractivity contribution in [3.8, 4) is 17.0 Å². The number of aryl methyl sites for hydroxylation is 1. The van der Waals surface area contributed by atoms with E-state index < -0.39 is 5.82 Å². The van der Waals surface area contributed by atoms with Crippen molar-refractivity contribution in [2.45, 2.75) is 0 Å². The second-order valence-corrected chi connectivity index (χ2v) is 3.42. The lowest BCUT2D eigenvalue weighted by Gasteiger charge is -2.03. The molecule has 0 fully saturated rings. The molecule has 0 atom stereocenters. The van der Waals surface area contributed by atoms with E-state index in [1.807, 2.05) is 0 Å². The Labute approximate surface area is 91.3 Å². The number of halogens is 1. The molecule has 1 aromatic heterocycles. The maximum absolute atomic E-state index is 13.4. The van der Waals surface area contributed by atoms with Crippen LogP contribution in [0.25, 0.3) is 11.3 Å². The van der Waals surface area contributed by atoms with Gasteiger partial charge in [0.1, 0.15) is 0 Å². The van der Waals surface area contributed by atoms with Gasteiger partial charge in [0.25, 0.3) is 5.56 Å². The van der Waals surface area contributed by atoms with Crippen molar-refractivity contribution < 1.29 is 9.13 Å². The standard InChI is InChI=1S/C11H11FN2O2/c1-14-11(15)6-9(13-14)7-3-4-10(16-2)8(12)5-7/h3-6,13H,1-2H3. The van der Waals surface area contributed by atoms with Crippen molar-refractivity contribution in [2.75, 3.05) is 7.11 Å². The molecule has 0 spiro atoms. The molecule has 16 heavy (non-hydrogen) atoms. The van der Waals surface area contributed by atoms with E-state index in [2.05, 4.69) is 5.10 Å². The molecule has 0 unspecified atom stereocenters. The van der Waals surface area contributed by atoms with Crippen LogP contribution >= 0.6 is 0 Å². The molecule has 2 aromatic rings. The van der Waals surface area contributed by atoms with Crippen LogP contribution < -0.4 is 10.3 Å². The molecule has 1 heterocycles. The first-order chi connectivity index (χ1) is 7.61. The first-order valence-electron chi connectivity index (χ1n) is 4.72. The summed E-state index contributed by atoms with van der Waals surface area (Å²) in [6.07, 6.45) is 0. The number of aromatic nitrogens is 2. The van der Waals surface area contributed by atoms with E-state index in [9.17, 15) is 9.18 Å². The Morgan fingerprint density at radius 3 is 2.62 bits per heavy atom. The van der Waals surface area contributed by atoms with Gasteiger partial charge in [-0.1, -0.05) is 0 Å². The molecule has 5 heteroatoms. The number of hydrogen-bond donors (Lipinski definition) is 1. The molecule has 0 aliphatic carbocycles. The maximum atomic E-state index is 13.4. The number of nitrogens with zero attached hydrogens (tertiary/aromatic N) is 1.